The molecule has 1 aromatic carbocycles. The van der Waals surface area contributed by atoms with Crippen LogP contribution in [0.4, 0.5) is 0 Å². The maximum Gasteiger partial charge on any atom is 0.223 e. The summed E-state index contributed by atoms with van der Waals surface area (Å²) in [5.74, 6) is 0.343. The van der Waals surface area contributed by atoms with Crippen molar-refractivity contribution in [1.29, 1.82) is 0 Å². The van der Waals surface area contributed by atoms with Crippen LogP contribution in [0.1, 0.15) is 37.7 Å². The number of benzene rings is 1. The lowest BCUT2D eigenvalue weighted by molar-refractivity contribution is -0.127. The Balaban J connectivity index is 1.29. The molecular weight excluding hydrogens is 322 g/mol. The Morgan fingerprint density at radius 1 is 1.19 bits per heavy atom. The molecule has 3 aliphatic heterocycles. The molecule has 3 saturated heterocycles. The molecule has 3 aliphatic rings. The van der Waals surface area contributed by atoms with Crippen LogP contribution in [0.25, 0.3) is 6.08 Å². The number of likely N-dealkylation sites (tertiary alicyclic amines) is 2. The zero-order valence-corrected chi connectivity index (χ0v) is 15.7. The minimum atomic E-state index is 0.232. The fourth-order valence-electron chi connectivity index (χ4n) is 4.87. The van der Waals surface area contributed by atoms with Crippen molar-refractivity contribution in [2.45, 2.75) is 38.1 Å². The molecule has 1 N–H and O–H groups in total. The van der Waals surface area contributed by atoms with E-state index in [1.165, 1.54) is 37.8 Å². The second-order valence-corrected chi connectivity index (χ2v) is 8.30. The number of carbonyl (C=O) groups excluding carboxylic acids is 1. The number of nitrogens with zero attached hydrogens (tertiary/aromatic N) is 2. The molecule has 0 bridgehead atoms. The van der Waals surface area contributed by atoms with Gasteiger partial charge in [-0.2, -0.15) is 0 Å². The number of carbonyl (C=O) groups is 1. The molecule has 0 saturated carbocycles. The topological polar surface area (TPSA) is 35.6 Å². The van der Waals surface area contributed by atoms with Gasteiger partial charge in [0.2, 0.25) is 5.91 Å². The molecule has 1 amide bonds. The van der Waals surface area contributed by atoms with E-state index in [-0.39, 0.29) is 5.41 Å². The number of hydrogen-bond donors (Lipinski definition) is 1. The van der Waals surface area contributed by atoms with Gasteiger partial charge in [0.1, 0.15) is 0 Å². The summed E-state index contributed by atoms with van der Waals surface area (Å²) in [5, 5.41) is 3.53. The summed E-state index contributed by atoms with van der Waals surface area (Å²) in [4.78, 5) is 17.3. The van der Waals surface area contributed by atoms with Gasteiger partial charge in [0.25, 0.3) is 0 Å². The molecule has 0 aliphatic carbocycles. The van der Waals surface area contributed by atoms with E-state index >= 15 is 0 Å². The molecule has 3 fully saturated rings. The summed E-state index contributed by atoms with van der Waals surface area (Å²) in [5.41, 5.74) is 1.43. The smallest absolute Gasteiger partial charge is 0.223 e. The maximum atomic E-state index is 12.5. The number of piperidine rings is 2. The molecule has 3 heterocycles. The van der Waals surface area contributed by atoms with Crippen molar-refractivity contribution in [3.63, 3.8) is 0 Å². The van der Waals surface area contributed by atoms with E-state index < -0.39 is 0 Å². The van der Waals surface area contributed by atoms with Crippen LogP contribution >= 0.6 is 0 Å². The summed E-state index contributed by atoms with van der Waals surface area (Å²) in [6.07, 6.45) is 9.99. The van der Waals surface area contributed by atoms with Crippen molar-refractivity contribution in [2.75, 3.05) is 39.3 Å². The monoisotopic (exact) mass is 353 g/mol. The summed E-state index contributed by atoms with van der Waals surface area (Å²) in [6, 6.07) is 11.0. The summed E-state index contributed by atoms with van der Waals surface area (Å²) >= 11 is 0. The van der Waals surface area contributed by atoms with Gasteiger partial charge >= 0.3 is 0 Å². The predicted molar refractivity (Wildman–Crippen MR) is 106 cm³/mol. The normalized spacial score (nSPS) is 26.8. The van der Waals surface area contributed by atoms with Crippen molar-refractivity contribution in [2.24, 2.45) is 5.41 Å². The Kier molecular flexibility index (Phi) is 5.41. The van der Waals surface area contributed by atoms with Crippen LogP contribution in [0.15, 0.2) is 36.4 Å². The zero-order valence-electron chi connectivity index (χ0n) is 15.7. The van der Waals surface area contributed by atoms with Gasteiger partial charge in [-0.1, -0.05) is 42.5 Å². The molecule has 1 atom stereocenters. The van der Waals surface area contributed by atoms with Gasteiger partial charge in [0.15, 0.2) is 0 Å². The van der Waals surface area contributed by atoms with Crippen LogP contribution < -0.4 is 5.32 Å². The van der Waals surface area contributed by atoms with Crippen LogP contribution in [0.3, 0.4) is 0 Å². The minimum absolute atomic E-state index is 0.232. The molecule has 0 aromatic heterocycles. The first-order valence-corrected chi connectivity index (χ1v) is 10.2. The van der Waals surface area contributed by atoms with Gasteiger partial charge in [-0.15, -0.1) is 0 Å². The third kappa shape index (κ3) is 4.02. The van der Waals surface area contributed by atoms with Crippen molar-refractivity contribution in [1.82, 2.24) is 15.1 Å². The Morgan fingerprint density at radius 2 is 2.00 bits per heavy atom. The number of nitrogens with one attached hydrogen (secondary N) is 1. The van der Waals surface area contributed by atoms with Crippen molar-refractivity contribution < 1.29 is 4.79 Å². The van der Waals surface area contributed by atoms with E-state index in [9.17, 15) is 4.79 Å². The van der Waals surface area contributed by atoms with Crippen LogP contribution in [0.5, 0.6) is 0 Å². The van der Waals surface area contributed by atoms with E-state index in [4.69, 9.17) is 0 Å². The van der Waals surface area contributed by atoms with Gasteiger partial charge in [-0.3, -0.25) is 9.69 Å². The predicted octanol–water partition coefficient (Wildman–Crippen LogP) is 2.77. The third-order valence-corrected chi connectivity index (χ3v) is 6.49. The van der Waals surface area contributed by atoms with E-state index in [0.717, 1.165) is 39.1 Å². The average Bonchev–Trinajstić information content (AvgIpc) is 2.99. The highest BCUT2D eigenvalue weighted by Crippen LogP contribution is 2.41. The lowest BCUT2D eigenvalue weighted by Gasteiger charge is -2.43. The molecular formula is C22H31N3O. The second-order valence-electron chi connectivity index (χ2n) is 8.30. The standard InChI is InChI=1S/C22H31N3O/c26-21-16-22(10-14-24(15-11-22)20-9-4-12-23-17-20)18-25(21)13-5-8-19-6-2-1-3-7-19/h1-3,5-8,20,23H,4,9-18H2/b8-5+/t20-/m1/s1. The number of amides is 1. The lowest BCUT2D eigenvalue weighted by Crippen LogP contribution is -2.51. The van der Waals surface area contributed by atoms with Crippen LogP contribution in [-0.4, -0.2) is 61.0 Å². The molecule has 4 heteroatoms. The SMILES string of the molecule is O=C1CC2(CCN([C@@H]3CCCNC3)CC2)CN1C/C=C/c1ccccc1. The van der Waals surface area contributed by atoms with E-state index in [1.54, 1.807) is 0 Å². The first kappa shape index (κ1) is 17.7. The van der Waals surface area contributed by atoms with Gasteiger partial charge in [0.05, 0.1) is 0 Å². The molecule has 4 rings (SSSR count). The highest BCUT2D eigenvalue weighted by atomic mass is 16.2. The van der Waals surface area contributed by atoms with Crippen LogP contribution in [0, 0.1) is 5.41 Å². The molecule has 1 aromatic rings. The van der Waals surface area contributed by atoms with Crippen molar-refractivity contribution in [3.05, 3.63) is 42.0 Å². The van der Waals surface area contributed by atoms with E-state index in [2.05, 4.69) is 39.4 Å². The van der Waals surface area contributed by atoms with Gasteiger partial charge in [-0.05, 0) is 56.3 Å². The van der Waals surface area contributed by atoms with Gasteiger partial charge in [0, 0.05) is 32.1 Å². The Hall–Kier alpha value is -1.65. The van der Waals surface area contributed by atoms with Crippen LogP contribution in [-0.2, 0) is 4.79 Å². The average molecular weight is 354 g/mol. The molecule has 0 radical (unpaired) electrons. The molecule has 26 heavy (non-hydrogen) atoms. The van der Waals surface area contributed by atoms with E-state index in [0.29, 0.717) is 11.9 Å². The Morgan fingerprint density at radius 3 is 2.73 bits per heavy atom. The van der Waals surface area contributed by atoms with Crippen LogP contribution in [0.2, 0.25) is 0 Å². The molecule has 140 valence electrons. The van der Waals surface area contributed by atoms with Gasteiger partial charge in [-0.25, -0.2) is 0 Å². The molecule has 4 nitrogen and oxygen atoms in total. The largest absolute Gasteiger partial charge is 0.338 e. The first-order chi connectivity index (χ1) is 12.7. The highest BCUT2D eigenvalue weighted by molar-refractivity contribution is 5.79. The highest BCUT2D eigenvalue weighted by Gasteiger charge is 2.45. The Bertz CT molecular complexity index is 628. The van der Waals surface area contributed by atoms with Crippen molar-refractivity contribution in [3.8, 4) is 0 Å². The number of hydrogen-bond acceptors (Lipinski definition) is 3. The third-order valence-electron chi connectivity index (χ3n) is 6.49. The first-order valence-electron chi connectivity index (χ1n) is 10.2. The Labute approximate surface area is 157 Å². The lowest BCUT2D eigenvalue weighted by atomic mass is 9.77. The summed E-state index contributed by atoms with van der Waals surface area (Å²) in [6.45, 7) is 6.32. The minimum Gasteiger partial charge on any atom is -0.338 e. The summed E-state index contributed by atoms with van der Waals surface area (Å²) in [7, 11) is 0. The maximum absolute atomic E-state index is 12.5. The fraction of sp³-hybridized carbons (Fsp3) is 0.591. The molecule has 0 unspecified atom stereocenters. The quantitative estimate of drug-likeness (QED) is 0.904. The second kappa shape index (κ2) is 7.93. The van der Waals surface area contributed by atoms with Gasteiger partial charge < -0.3 is 10.2 Å². The summed E-state index contributed by atoms with van der Waals surface area (Å²) < 4.78 is 0. The zero-order chi connectivity index (χ0) is 17.8. The van der Waals surface area contributed by atoms with E-state index in [1.807, 2.05) is 18.2 Å². The van der Waals surface area contributed by atoms with Crippen molar-refractivity contribution >= 4 is 12.0 Å². The molecule has 1 spiro atoms. The fourth-order valence-corrected chi connectivity index (χ4v) is 4.87. The number of rotatable bonds is 4.